The first-order valence-corrected chi connectivity index (χ1v) is 16.2. The number of ether oxygens (including phenoxy) is 2. The minimum atomic E-state index is -0.656. The Balaban J connectivity index is 1.27. The molecule has 240 valence electrons. The lowest BCUT2D eigenvalue weighted by atomic mass is 9.99. The van der Waals surface area contributed by atoms with E-state index in [2.05, 4.69) is 15.5 Å². The van der Waals surface area contributed by atoms with E-state index in [-0.39, 0.29) is 23.8 Å². The van der Waals surface area contributed by atoms with E-state index < -0.39 is 23.6 Å². The summed E-state index contributed by atoms with van der Waals surface area (Å²) in [5.74, 6) is -0.721. The molecule has 3 aromatic carbocycles. The number of rotatable bonds is 11. The van der Waals surface area contributed by atoms with Crippen molar-refractivity contribution < 1.29 is 27.8 Å². The molecule has 1 aliphatic heterocycles. The molecule has 5 aromatic rings. The predicted molar refractivity (Wildman–Crippen MR) is 174 cm³/mol. The van der Waals surface area contributed by atoms with Gasteiger partial charge in [0.05, 0.1) is 48.7 Å². The van der Waals surface area contributed by atoms with Gasteiger partial charge in [-0.3, -0.25) is 14.2 Å². The van der Waals surface area contributed by atoms with Gasteiger partial charge >= 0.3 is 0 Å². The summed E-state index contributed by atoms with van der Waals surface area (Å²) in [5, 5.41) is 19.7. The first kappa shape index (κ1) is 31.9. The van der Waals surface area contributed by atoms with Crippen LogP contribution in [0.3, 0.4) is 0 Å². The van der Waals surface area contributed by atoms with Gasteiger partial charge < -0.3 is 14.8 Å². The molecule has 0 aliphatic carbocycles. The fourth-order valence-electron chi connectivity index (χ4n) is 5.20. The highest BCUT2D eigenvalue weighted by atomic mass is 32.2. The number of nitrogens with one attached hydrogen (secondary N) is 1. The summed E-state index contributed by atoms with van der Waals surface area (Å²) in [6, 6.07) is 20.2. The number of hydrogen-bond acceptors (Lipinski definition) is 9. The number of aromatic nitrogens is 3. The topological polar surface area (TPSA) is 111 Å². The van der Waals surface area contributed by atoms with E-state index in [1.165, 1.54) is 58.8 Å². The van der Waals surface area contributed by atoms with Crippen molar-refractivity contribution in [3.63, 3.8) is 0 Å². The third kappa shape index (κ3) is 6.74. The lowest BCUT2D eigenvalue weighted by Gasteiger charge is -2.24. The van der Waals surface area contributed by atoms with Crippen molar-refractivity contribution in [3.05, 3.63) is 118 Å². The largest absolute Gasteiger partial charge is 0.493 e. The van der Waals surface area contributed by atoms with Crippen LogP contribution in [0.4, 0.5) is 8.78 Å². The van der Waals surface area contributed by atoms with E-state index in [9.17, 15) is 18.4 Å². The molecule has 0 fully saturated rings. The van der Waals surface area contributed by atoms with Gasteiger partial charge in [0.15, 0.2) is 22.5 Å². The van der Waals surface area contributed by atoms with Gasteiger partial charge in [-0.05, 0) is 53.9 Å². The van der Waals surface area contributed by atoms with Crippen LogP contribution >= 0.6 is 23.1 Å². The smallest absolute Gasteiger partial charge is 0.254 e. The molecule has 3 heterocycles. The number of benzene rings is 3. The Labute approximate surface area is 277 Å². The molecule has 2 amide bonds. The summed E-state index contributed by atoms with van der Waals surface area (Å²) in [6.07, 6.45) is 0.470. The number of amides is 2. The molecule has 1 atom stereocenters. The Bertz CT molecular complexity index is 1930. The number of thioether (sulfide) groups is 1. The van der Waals surface area contributed by atoms with E-state index in [1.807, 2.05) is 29.6 Å². The number of carbonyl (C=O) groups is 2. The molecule has 0 saturated heterocycles. The zero-order valence-electron chi connectivity index (χ0n) is 25.2. The molecule has 14 heteroatoms. The van der Waals surface area contributed by atoms with Crippen LogP contribution in [0.2, 0.25) is 0 Å². The summed E-state index contributed by atoms with van der Waals surface area (Å²) in [7, 11) is 3.11. The van der Waals surface area contributed by atoms with Crippen LogP contribution in [-0.2, 0) is 11.3 Å². The molecule has 0 unspecified atom stereocenters. The predicted octanol–water partition coefficient (Wildman–Crippen LogP) is 6.02. The molecular weight excluding hydrogens is 647 g/mol. The van der Waals surface area contributed by atoms with Gasteiger partial charge in [-0.2, -0.15) is 5.10 Å². The van der Waals surface area contributed by atoms with Crippen molar-refractivity contribution in [1.29, 1.82) is 0 Å². The molecular formula is C33H28F2N6O4S2. The van der Waals surface area contributed by atoms with Gasteiger partial charge in [0.1, 0.15) is 11.6 Å². The quantitative estimate of drug-likeness (QED) is 0.171. The molecule has 1 aliphatic rings. The van der Waals surface area contributed by atoms with Crippen molar-refractivity contribution in [1.82, 2.24) is 25.1 Å². The van der Waals surface area contributed by atoms with Gasteiger partial charge in [0.25, 0.3) is 11.8 Å². The number of halogens is 2. The average molecular weight is 675 g/mol. The molecule has 0 radical (unpaired) electrons. The number of para-hydroxylation sites is 1. The third-order valence-corrected chi connectivity index (χ3v) is 9.23. The highest BCUT2D eigenvalue weighted by Gasteiger charge is 2.36. The molecule has 0 saturated carbocycles. The zero-order chi connectivity index (χ0) is 32.9. The van der Waals surface area contributed by atoms with E-state index in [0.717, 1.165) is 27.9 Å². The van der Waals surface area contributed by atoms with Crippen molar-refractivity contribution in [2.75, 3.05) is 20.0 Å². The van der Waals surface area contributed by atoms with Gasteiger partial charge in [0, 0.05) is 17.7 Å². The average Bonchev–Trinajstić information content (AvgIpc) is 3.87. The highest BCUT2D eigenvalue weighted by molar-refractivity contribution is 7.99. The number of thiophene rings is 1. The van der Waals surface area contributed by atoms with E-state index in [1.54, 1.807) is 30.9 Å². The SMILES string of the molecule is COc1cccc([C@@H]2CC(c3cccs3)=NN2C(=O)CSc2nnc(CNC(=O)c3ccccc3F)n2-c2ccc(F)cc2)c1OC. The van der Waals surface area contributed by atoms with Crippen LogP contribution in [0.5, 0.6) is 11.5 Å². The van der Waals surface area contributed by atoms with Crippen molar-refractivity contribution >= 4 is 40.6 Å². The highest BCUT2D eigenvalue weighted by Crippen LogP contribution is 2.42. The second-order valence-corrected chi connectivity index (χ2v) is 12.1. The molecule has 10 nitrogen and oxygen atoms in total. The van der Waals surface area contributed by atoms with Gasteiger partial charge in [-0.1, -0.05) is 42.1 Å². The molecule has 47 heavy (non-hydrogen) atoms. The van der Waals surface area contributed by atoms with E-state index in [0.29, 0.717) is 34.6 Å². The lowest BCUT2D eigenvalue weighted by molar-refractivity contribution is -0.130. The summed E-state index contributed by atoms with van der Waals surface area (Å²) < 4.78 is 40.8. The van der Waals surface area contributed by atoms with Crippen LogP contribution in [0.1, 0.15) is 39.1 Å². The summed E-state index contributed by atoms with van der Waals surface area (Å²) in [4.78, 5) is 27.6. The van der Waals surface area contributed by atoms with Crippen molar-refractivity contribution in [2.24, 2.45) is 5.10 Å². The minimum Gasteiger partial charge on any atom is -0.493 e. The molecule has 0 bridgehead atoms. The van der Waals surface area contributed by atoms with Crippen LogP contribution in [0.15, 0.2) is 94.5 Å². The Kier molecular flexibility index (Phi) is 9.59. The fraction of sp³-hybridized carbons (Fsp3) is 0.182. The Morgan fingerprint density at radius 2 is 1.79 bits per heavy atom. The molecule has 1 N–H and O–H groups in total. The lowest BCUT2D eigenvalue weighted by Crippen LogP contribution is -2.29. The summed E-state index contributed by atoms with van der Waals surface area (Å²) in [6.45, 7) is -0.107. The molecule has 6 rings (SSSR count). The van der Waals surface area contributed by atoms with E-state index in [4.69, 9.17) is 14.6 Å². The summed E-state index contributed by atoms with van der Waals surface area (Å²) in [5.41, 5.74) is 1.92. The maximum atomic E-state index is 14.2. The van der Waals surface area contributed by atoms with E-state index >= 15 is 0 Å². The first-order chi connectivity index (χ1) is 22.9. The minimum absolute atomic E-state index is 0.0646. The van der Waals surface area contributed by atoms with Crippen molar-refractivity contribution in [2.45, 2.75) is 24.2 Å². The Hall–Kier alpha value is -5.08. The number of carbonyl (C=O) groups excluding carboxylic acids is 2. The second-order valence-electron chi connectivity index (χ2n) is 10.2. The maximum Gasteiger partial charge on any atom is 0.254 e. The fourth-order valence-corrected chi connectivity index (χ4v) is 6.74. The van der Waals surface area contributed by atoms with Crippen LogP contribution in [0, 0.1) is 11.6 Å². The number of methoxy groups -OCH3 is 2. The number of nitrogens with zero attached hydrogens (tertiary/aromatic N) is 5. The third-order valence-electron chi connectivity index (χ3n) is 7.40. The Morgan fingerprint density at radius 3 is 2.51 bits per heavy atom. The monoisotopic (exact) mass is 674 g/mol. The first-order valence-electron chi connectivity index (χ1n) is 14.4. The normalized spacial score (nSPS) is 14.2. The van der Waals surface area contributed by atoms with Gasteiger partial charge in [-0.25, -0.2) is 13.8 Å². The second kappa shape index (κ2) is 14.1. The van der Waals surface area contributed by atoms with Crippen molar-refractivity contribution in [3.8, 4) is 17.2 Å². The standard InChI is InChI=1S/C33H28F2N6O4S2/c1-44-27-10-5-8-23(31(27)45-2)26-17-25(28-11-6-16-46-28)39-41(26)30(42)19-47-33-38-37-29(40(33)21-14-12-20(34)13-15-21)18-36-32(43)22-7-3-4-9-24(22)35/h3-16,26H,17-19H2,1-2H3,(H,36,43)/t26-/m0/s1. The van der Waals surface area contributed by atoms with Crippen LogP contribution in [0.25, 0.3) is 5.69 Å². The number of hydrazone groups is 1. The Morgan fingerprint density at radius 1 is 0.979 bits per heavy atom. The number of hydrogen-bond donors (Lipinski definition) is 1. The molecule has 0 spiro atoms. The zero-order valence-corrected chi connectivity index (χ0v) is 26.9. The van der Waals surface area contributed by atoms with Gasteiger partial charge in [0.2, 0.25) is 0 Å². The molecule has 2 aromatic heterocycles. The summed E-state index contributed by atoms with van der Waals surface area (Å²) >= 11 is 2.66. The van der Waals surface area contributed by atoms with Gasteiger partial charge in [-0.15, -0.1) is 21.5 Å². The van der Waals surface area contributed by atoms with Crippen LogP contribution in [-0.4, -0.2) is 57.3 Å². The maximum absolute atomic E-state index is 14.2. The van der Waals surface area contributed by atoms with Crippen LogP contribution < -0.4 is 14.8 Å².